The van der Waals surface area contributed by atoms with E-state index in [1.165, 1.54) is 10.8 Å². The maximum absolute atomic E-state index is 6.16. The summed E-state index contributed by atoms with van der Waals surface area (Å²) < 4.78 is 6.16. The molecule has 0 spiro atoms. The molecule has 0 N–H and O–H groups in total. The van der Waals surface area contributed by atoms with Gasteiger partial charge in [0.05, 0.1) is 0 Å². The van der Waals surface area contributed by atoms with E-state index in [4.69, 9.17) is 4.43 Å². The van der Waals surface area contributed by atoms with Gasteiger partial charge in [0.2, 0.25) is 8.32 Å². The van der Waals surface area contributed by atoms with Gasteiger partial charge in [-0.25, -0.2) is 0 Å². The summed E-state index contributed by atoms with van der Waals surface area (Å²) in [4.78, 5) is 0. The fourth-order valence-electron chi connectivity index (χ4n) is 1.99. The molecule has 0 aliphatic carbocycles. The fraction of sp³-hybridized carbons (Fsp3) is 0.250. The van der Waals surface area contributed by atoms with E-state index in [9.17, 15) is 0 Å². The van der Waals surface area contributed by atoms with Crippen molar-refractivity contribution in [3.8, 4) is 0 Å². The first-order valence-corrected chi connectivity index (χ1v) is 9.33. The first kappa shape index (κ1) is 13.1. The molecule has 0 fully saturated rings. The molecule has 1 nitrogen and oxygen atoms in total. The zero-order valence-electron chi connectivity index (χ0n) is 11.1. The van der Waals surface area contributed by atoms with Crippen molar-refractivity contribution in [2.45, 2.75) is 19.5 Å². The van der Waals surface area contributed by atoms with Gasteiger partial charge in [-0.2, -0.15) is 0 Å². The van der Waals surface area contributed by atoms with Crippen LogP contribution >= 0.6 is 0 Å². The van der Waals surface area contributed by atoms with Gasteiger partial charge in [-0.05, 0) is 30.3 Å². The van der Waals surface area contributed by atoms with Crippen molar-refractivity contribution in [3.05, 3.63) is 66.2 Å². The number of benzene rings is 2. The molecule has 2 aromatic rings. The minimum absolute atomic E-state index is 0.804. The van der Waals surface area contributed by atoms with Gasteiger partial charge in [0.25, 0.3) is 0 Å². The lowest BCUT2D eigenvalue weighted by Gasteiger charge is -2.23. The Hall–Kier alpha value is -1.38. The second-order valence-corrected chi connectivity index (χ2v) is 8.85. The average Bonchev–Trinajstić information content (AvgIpc) is 2.41. The van der Waals surface area contributed by atoms with Crippen LogP contribution in [0.4, 0.5) is 0 Å². The van der Waals surface area contributed by atoms with Gasteiger partial charge in [0.1, 0.15) is 0 Å². The van der Waals surface area contributed by atoms with Crippen LogP contribution in [0.25, 0.3) is 0 Å². The summed E-state index contributed by atoms with van der Waals surface area (Å²) in [5, 5.41) is 1.36. The highest BCUT2D eigenvalue weighted by molar-refractivity contribution is 6.84. The molecule has 18 heavy (non-hydrogen) atoms. The van der Waals surface area contributed by atoms with Crippen molar-refractivity contribution in [2.24, 2.45) is 0 Å². The monoisotopic (exact) mass is 256 g/mol. The molecular weight excluding hydrogens is 236 g/mol. The maximum atomic E-state index is 6.16. The highest BCUT2D eigenvalue weighted by Crippen LogP contribution is 2.07. The Balaban J connectivity index is 1.90. The molecule has 94 valence electrons. The van der Waals surface area contributed by atoms with Gasteiger partial charge in [-0.3, -0.25) is 0 Å². The molecule has 0 atom stereocenters. The number of rotatable bonds is 5. The van der Waals surface area contributed by atoms with Crippen LogP contribution in [0.2, 0.25) is 13.1 Å². The van der Waals surface area contributed by atoms with Gasteiger partial charge in [0.15, 0.2) is 0 Å². The molecule has 0 saturated carbocycles. The topological polar surface area (TPSA) is 9.23 Å². The van der Waals surface area contributed by atoms with Crippen LogP contribution in [0.15, 0.2) is 60.7 Å². The Kier molecular flexibility index (Phi) is 4.34. The molecule has 0 radical (unpaired) electrons. The third-order valence-electron chi connectivity index (χ3n) is 3.17. The van der Waals surface area contributed by atoms with Crippen molar-refractivity contribution in [1.29, 1.82) is 0 Å². The summed E-state index contributed by atoms with van der Waals surface area (Å²) in [6.45, 7) is 5.32. The van der Waals surface area contributed by atoms with E-state index in [1.54, 1.807) is 0 Å². The largest absolute Gasteiger partial charge is 0.413 e. The summed E-state index contributed by atoms with van der Waals surface area (Å²) in [7, 11) is -1.73. The first-order chi connectivity index (χ1) is 8.68. The second kappa shape index (κ2) is 5.98. The van der Waals surface area contributed by atoms with E-state index in [2.05, 4.69) is 67.7 Å². The van der Waals surface area contributed by atoms with E-state index in [-0.39, 0.29) is 0 Å². The molecule has 0 heterocycles. The number of hydrogen-bond donors (Lipinski definition) is 0. The van der Waals surface area contributed by atoms with Crippen LogP contribution in [0, 0.1) is 0 Å². The van der Waals surface area contributed by atoms with E-state index in [0.717, 1.165) is 13.0 Å². The molecule has 2 aromatic carbocycles. The Morgan fingerprint density at radius 1 is 0.833 bits per heavy atom. The van der Waals surface area contributed by atoms with Gasteiger partial charge in [0, 0.05) is 6.61 Å². The van der Waals surface area contributed by atoms with E-state index in [1.807, 2.05) is 6.07 Å². The predicted molar refractivity (Wildman–Crippen MR) is 79.7 cm³/mol. The molecule has 2 rings (SSSR count). The Bertz CT molecular complexity index is 465. The van der Waals surface area contributed by atoms with Crippen LogP contribution in [-0.4, -0.2) is 14.9 Å². The zero-order valence-corrected chi connectivity index (χ0v) is 12.1. The molecular formula is C16H20OSi. The molecule has 0 saturated heterocycles. The van der Waals surface area contributed by atoms with Crippen LogP contribution in [0.5, 0.6) is 0 Å². The molecule has 0 aliphatic rings. The van der Waals surface area contributed by atoms with Crippen molar-refractivity contribution < 1.29 is 4.43 Å². The van der Waals surface area contributed by atoms with E-state index >= 15 is 0 Å². The SMILES string of the molecule is C[Si](C)(OCCc1ccccc1)c1ccccc1. The van der Waals surface area contributed by atoms with Gasteiger partial charge < -0.3 is 4.43 Å². The highest BCUT2D eigenvalue weighted by Gasteiger charge is 2.24. The highest BCUT2D eigenvalue weighted by atomic mass is 28.4. The third kappa shape index (κ3) is 3.55. The van der Waals surface area contributed by atoms with Crippen LogP contribution < -0.4 is 5.19 Å². The van der Waals surface area contributed by atoms with Crippen LogP contribution in [-0.2, 0) is 10.8 Å². The summed E-state index contributed by atoms with van der Waals surface area (Å²) >= 11 is 0. The van der Waals surface area contributed by atoms with E-state index < -0.39 is 8.32 Å². The van der Waals surface area contributed by atoms with Crippen molar-refractivity contribution in [3.63, 3.8) is 0 Å². The minimum Gasteiger partial charge on any atom is -0.413 e. The quantitative estimate of drug-likeness (QED) is 0.745. The minimum atomic E-state index is -1.73. The van der Waals surface area contributed by atoms with Crippen molar-refractivity contribution in [2.75, 3.05) is 6.61 Å². The standard InChI is InChI=1S/C16H20OSi/c1-18(2,16-11-7-4-8-12-16)17-14-13-15-9-5-3-6-10-15/h3-12H,13-14H2,1-2H3. The van der Waals surface area contributed by atoms with Gasteiger partial charge in [-0.15, -0.1) is 0 Å². The molecule has 0 amide bonds. The summed E-state index contributed by atoms with van der Waals surface area (Å²) in [5.74, 6) is 0. The first-order valence-electron chi connectivity index (χ1n) is 6.42. The molecule has 0 unspecified atom stereocenters. The van der Waals surface area contributed by atoms with Crippen LogP contribution in [0.1, 0.15) is 5.56 Å². The number of hydrogen-bond acceptors (Lipinski definition) is 1. The Labute approximate surface area is 111 Å². The lowest BCUT2D eigenvalue weighted by atomic mass is 10.2. The molecule has 0 bridgehead atoms. The van der Waals surface area contributed by atoms with Crippen LogP contribution in [0.3, 0.4) is 0 Å². The molecule has 0 aromatic heterocycles. The summed E-state index contributed by atoms with van der Waals surface area (Å²) in [6.07, 6.45) is 0.990. The predicted octanol–water partition coefficient (Wildman–Crippen LogP) is 3.36. The zero-order chi connectivity index (χ0) is 12.8. The fourth-order valence-corrected chi connectivity index (χ4v) is 3.77. The van der Waals surface area contributed by atoms with Gasteiger partial charge >= 0.3 is 0 Å². The second-order valence-electron chi connectivity index (χ2n) is 4.96. The Morgan fingerprint density at radius 3 is 2.00 bits per heavy atom. The lowest BCUT2D eigenvalue weighted by Crippen LogP contribution is -2.45. The summed E-state index contributed by atoms with van der Waals surface area (Å²) in [6, 6.07) is 21.1. The normalized spacial score (nSPS) is 11.4. The van der Waals surface area contributed by atoms with Crippen molar-refractivity contribution >= 4 is 13.5 Å². The Morgan fingerprint density at radius 2 is 1.39 bits per heavy atom. The summed E-state index contributed by atoms with van der Waals surface area (Å²) in [5.41, 5.74) is 1.34. The third-order valence-corrected chi connectivity index (χ3v) is 5.82. The van der Waals surface area contributed by atoms with Gasteiger partial charge in [-0.1, -0.05) is 60.7 Å². The average molecular weight is 256 g/mol. The van der Waals surface area contributed by atoms with Crippen molar-refractivity contribution in [1.82, 2.24) is 0 Å². The maximum Gasteiger partial charge on any atom is 0.218 e. The molecule has 0 aliphatic heterocycles. The lowest BCUT2D eigenvalue weighted by molar-refractivity contribution is 0.320. The molecule has 2 heteroatoms. The smallest absolute Gasteiger partial charge is 0.218 e. The van der Waals surface area contributed by atoms with E-state index in [0.29, 0.717) is 0 Å².